The van der Waals surface area contributed by atoms with Gasteiger partial charge in [-0.1, -0.05) is 41.6 Å². The quantitative estimate of drug-likeness (QED) is 0.591. The molecule has 136 valence electrons. The lowest BCUT2D eigenvalue weighted by molar-refractivity contribution is -0.132. The number of carbonyl (C=O) groups is 1. The fraction of sp³-hybridized carbons (Fsp3) is 0.412. The molecule has 1 aromatic rings. The van der Waals surface area contributed by atoms with Gasteiger partial charge in [0, 0.05) is 19.1 Å². The van der Waals surface area contributed by atoms with Crippen LogP contribution in [0.15, 0.2) is 35.5 Å². The number of hydroxylamine groups is 1. The van der Waals surface area contributed by atoms with E-state index in [1.165, 1.54) is 12.4 Å². The Hall–Kier alpha value is -2.19. The highest BCUT2D eigenvalue weighted by atomic mass is 32.2. The maximum Gasteiger partial charge on any atom is 0.264 e. The molecule has 2 N–H and O–H groups in total. The summed E-state index contributed by atoms with van der Waals surface area (Å²) in [6, 6.07) is 7.72. The highest BCUT2D eigenvalue weighted by Gasteiger charge is 2.47. The Kier molecular flexibility index (Phi) is 5.64. The maximum absolute atomic E-state index is 12.0. The van der Waals surface area contributed by atoms with Crippen LogP contribution in [-0.2, 0) is 19.5 Å². The molecule has 0 radical (unpaired) electrons. The second-order valence-electron chi connectivity index (χ2n) is 6.24. The zero-order chi connectivity index (χ0) is 18.7. The molecular weight excluding hydrogens is 344 g/mol. The Labute approximate surface area is 147 Å². The van der Waals surface area contributed by atoms with Gasteiger partial charge in [0.2, 0.25) is 0 Å². The van der Waals surface area contributed by atoms with Gasteiger partial charge < -0.3 is 4.84 Å². The molecule has 25 heavy (non-hydrogen) atoms. The van der Waals surface area contributed by atoms with Crippen molar-refractivity contribution in [2.24, 2.45) is 5.16 Å². The monoisotopic (exact) mass is 366 g/mol. The molecule has 1 aliphatic rings. The molecule has 2 atom stereocenters. The van der Waals surface area contributed by atoms with Crippen molar-refractivity contribution >= 4 is 27.5 Å². The first kappa shape index (κ1) is 19.1. The Bertz CT molecular complexity index is 799. The van der Waals surface area contributed by atoms with Crippen LogP contribution < -0.4 is 5.48 Å². The number of carbonyl (C=O) groups excluding carboxylic acids is 1. The predicted octanol–water partition coefficient (Wildman–Crippen LogP) is 1.91. The molecule has 0 bridgehead atoms. The lowest BCUT2D eigenvalue weighted by atomic mass is 9.96. The van der Waals surface area contributed by atoms with Gasteiger partial charge in [-0.15, -0.1) is 0 Å². The summed E-state index contributed by atoms with van der Waals surface area (Å²) in [7, 11) is -3.77. The average Bonchev–Trinajstić information content (AvgIpc) is 3.02. The van der Waals surface area contributed by atoms with E-state index < -0.39 is 26.6 Å². The molecule has 0 aromatic heterocycles. The smallest absolute Gasteiger partial charge is 0.264 e. The van der Waals surface area contributed by atoms with Crippen molar-refractivity contribution in [1.82, 2.24) is 5.48 Å². The molecule has 1 amide bonds. The molecule has 8 heteroatoms. The second kappa shape index (κ2) is 7.37. The highest BCUT2D eigenvalue weighted by Crippen LogP contribution is 2.29. The molecule has 0 saturated carbocycles. The summed E-state index contributed by atoms with van der Waals surface area (Å²) in [5.41, 5.74) is 4.06. The SMILES string of the molecule is C/C=C/c1ccc(C2=NOC(C[C@](C)(C(=O)NO)S(C)(=O)=O)C2)cc1. The highest BCUT2D eigenvalue weighted by molar-refractivity contribution is 7.92. The fourth-order valence-corrected chi connectivity index (χ4v) is 3.52. The summed E-state index contributed by atoms with van der Waals surface area (Å²) in [4.78, 5) is 17.2. The van der Waals surface area contributed by atoms with Crippen molar-refractivity contribution in [3.8, 4) is 0 Å². The van der Waals surface area contributed by atoms with Crippen LogP contribution >= 0.6 is 0 Å². The van der Waals surface area contributed by atoms with Gasteiger partial charge in [-0.3, -0.25) is 10.0 Å². The van der Waals surface area contributed by atoms with Crippen LogP contribution in [0.1, 0.15) is 37.8 Å². The van der Waals surface area contributed by atoms with Crippen molar-refractivity contribution < 1.29 is 23.3 Å². The third kappa shape index (κ3) is 4.08. The van der Waals surface area contributed by atoms with Gasteiger partial charge >= 0.3 is 0 Å². The van der Waals surface area contributed by atoms with Gasteiger partial charge in [-0.05, 0) is 25.0 Å². The van der Waals surface area contributed by atoms with Crippen LogP contribution in [0.3, 0.4) is 0 Å². The molecule has 1 aromatic carbocycles. The van der Waals surface area contributed by atoms with E-state index in [1.807, 2.05) is 43.3 Å². The van der Waals surface area contributed by atoms with Crippen LogP contribution in [0.4, 0.5) is 0 Å². The van der Waals surface area contributed by atoms with Crippen molar-refractivity contribution in [3.05, 3.63) is 41.5 Å². The minimum atomic E-state index is -3.77. The number of nitrogens with one attached hydrogen (secondary N) is 1. The minimum absolute atomic E-state index is 0.109. The Morgan fingerprint density at radius 3 is 2.60 bits per heavy atom. The minimum Gasteiger partial charge on any atom is -0.392 e. The molecule has 1 aliphatic heterocycles. The summed E-state index contributed by atoms with van der Waals surface area (Å²) in [5.74, 6) is -0.984. The number of sulfone groups is 1. The Morgan fingerprint density at radius 1 is 1.44 bits per heavy atom. The zero-order valence-corrected chi connectivity index (χ0v) is 15.2. The van der Waals surface area contributed by atoms with E-state index in [1.54, 1.807) is 0 Å². The number of oxime groups is 1. The number of nitrogens with zero attached hydrogens (tertiary/aromatic N) is 1. The summed E-state index contributed by atoms with van der Waals surface area (Å²) in [6.07, 6.45) is 4.58. The van der Waals surface area contributed by atoms with E-state index in [0.717, 1.165) is 17.4 Å². The second-order valence-corrected chi connectivity index (χ2v) is 8.68. The summed E-state index contributed by atoms with van der Waals surface area (Å²) < 4.78 is 22.2. The van der Waals surface area contributed by atoms with E-state index in [9.17, 15) is 13.2 Å². The fourth-order valence-electron chi connectivity index (χ4n) is 2.65. The van der Waals surface area contributed by atoms with Crippen LogP contribution in [0.25, 0.3) is 6.08 Å². The molecule has 0 spiro atoms. The molecule has 7 nitrogen and oxygen atoms in total. The third-order valence-electron chi connectivity index (χ3n) is 4.35. The van der Waals surface area contributed by atoms with Crippen LogP contribution in [0, 0.1) is 0 Å². The topological polar surface area (TPSA) is 105 Å². The normalized spacial score (nSPS) is 20.0. The molecule has 1 heterocycles. The number of benzene rings is 1. The van der Waals surface area contributed by atoms with Crippen LogP contribution in [-0.4, -0.2) is 42.4 Å². The van der Waals surface area contributed by atoms with Crippen molar-refractivity contribution in [1.29, 1.82) is 0 Å². The number of hydrogen-bond acceptors (Lipinski definition) is 6. The molecule has 0 aliphatic carbocycles. The van der Waals surface area contributed by atoms with Gasteiger partial charge in [-0.2, -0.15) is 0 Å². The number of amides is 1. The van der Waals surface area contributed by atoms with Crippen molar-refractivity contribution in [3.63, 3.8) is 0 Å². The molecule has 2 rings (SSSR count). The molecular formula is C17H22N2O5S. The summed E-state index contributed by atoms with van der Waals surface area (Å²) in [6.45, 7) is 3.20. The third-order valence-corrected chi connectivity index (χ3v) is 6.34. The Balaban J connectivity index is 2.12. The van der Waals surface area contributed by atoms with E-state index in [0.29, 0.717) is 12.1 Å². The van der Waals surface area contributed by atoms with Gasteiger partial charge in [0.15, 0.2) is 14.6 Å². The van der Waals surface area contributed by atoms with E-state index >= 15 is 0 Å². The lowest BCUT2D eigenvalue weighted by Gasteiger charge is -2.26. The summed E-state index contributed by atoms with van der Waals surface area (Å²) in [5, 5.41) is 12.9. The lowest BCUT2D eigenvalue weighted by Crippen LogP contribution is -2.51. The van der Waals surface area contributed by atoms with E-state index in [-0.39, 0.29) is 6.42 Å². The van der Waals surface area contributed by atoms with Gasteiger partial charge in [0.05, 0.1) is 5.71 Å². The van der Waals surface area contributed by atoms with E-state index in [4.69, 9.17) is 10.0 Å². The predicted molar refractivity (Wildman–Crippen MR) is 95.0 cm³/mol. The first-order chi connectivity index (χ1) is 11.7. The first-order valence-corrected chi connectivity index (χ1v) is 9.70. The van der Waals surface area contributed by atoms with Crippen molar-refractivity contribution in [2.75, 3.05) is 6.26 Å². The van der Waals surface area contributed by atoms with Gasteiger partial charge in [0.25, 0.3) is 5.91 Å². The van der Waals surface area contributed by atoms with Crippen molar-refractivity contribution in [2.45, 2.75) is 37.5 Å². The number of allylic oxidation sites excluding steroid dienone is 1. The maximum atomic E-state index is 12.0. The van der Waals surface area contributed by atoms with E-state index in [2.05, 4.69) is 5.16 Å². The largest absolute Gasteiger partial charge is 0.392 e. The van der Waals surface area contributed by atoms with Crippen LogP contribution in [0.5, 0.6) is 0 Å². The average molecular weight is 366 g/mol. The van der Waals surface area contributed by atoms with Gasteiger partial charge in [-0.25, -0.2) is 13.9 Å². The number of rotatable bonds is 6. The molecule has 0 saturated heterocycles. The standard InChI is InChI=1S/C17H22N2O5S/c1-4-5-12-6-8-13(9-7-12)15-10-14(24-19-15)11-17(2,16(20)18-21)25(3,22)23/h4-9,14,21H,10-11H2,1-3H3,(H,18,20)/b5-4+/t14?,17-/m1/s1. The Morgan fingerprint density at radius 2 is 2.08 bits per heavy atom. The summed E-state index contributed by atoms with van der Waals surface area (Å²) >= 11 is 0. The zero-order valence-electron chi connectivity index (χ0n) is 14.4. The molecule has 0 fully saturated rings. The first-order valence-electron chi connectivity index (χ1n) is 7.81. The number of hydrogen-bond donors (Lipinski definition) is 2. The van der Waals surface area contributed by atoms with Gasteiger partial charge in [0.1, 0.15) is 6.10 Å². The molecule has 1 unspecified atom stereocenters. The van der Waals surface area contributed by atoms with Crippen LogP contribution in [0.2, 0.25) is 0 Å².